The first-order valence-corrected chi connectivity index (χ1v) is 10.6. The van der Waals surface area contributed by atoms with E-state index in [0.29, 0.717) is 18.5 Å². The van der Waals surface area contributed by atoms with Gasteiger partial charge in [0.15, 0.2) is 9.84 Å². The second kappa shape index (κ2) is 8.62. The van der Waals surface area contributed by atoms with Gasteiger partial charge >= 0.3 is 0 Å². The van der Waals surface area contributed by atoms with Gasteiger partial charge in [-0.3, -0.25) is 4.79 Å². The van der Waals surface area contributed by atoms with Crippen molar-refractivity contribution in [3.63, 3.8) is 0 Å². The molecule has 1 aromatic carbocycles. The average Bonchev–Trinajstić information content (AvgIpc) is 2.95. The highest BCUT2D eigenvalue weighted by Crippen LogP contribution is 2.20. The molecule has 2 rings (SSSR count). The molecule has 0 radical (unpaired) electrons. The Morgan fingerprint density at radius 3 is 2.33 bits per heavy atom. The van der Waals surface area contributed by atoms with Crippen LogP contribution in [-0.2, 0) is 9.84 Å². The molecule has 134 valence electrons. The molecule has 1 atom stereocenters. The molecule has 0 N–H and O–H groups in total. The van der Waals surface area contributed by atoms with Crippen LogP contribution in [0, 0.1) is 0 Å². The van der Waals surface area contributed by atoms with Crippen molar-refractivity contribution in [1.82, 2.24) is 9.80 Å². The van der Waals surface area contributed by atoms with Gasteiger partial charge in [-0.1, -0.05) is 32.0 Å². The second-order valence-corrected chi connectivity index (χ2v) is 8.53. The Morgan fingerprint density at radius 2 is 1.79 bits per heavy atom. The van der Waals surface area contributed by atoms with Crippen LogP contribution in [0.1, 0.15) is 37.0 Å². The molecule has 1 aliphatic heterocycles. The summed E-state index contributed by atoms with van der Waals surface area (Å²) in [4.78, 5) is 17.0. The quantitative estimate of drug-likeness (QED) is 0.718. The zero-order valence-corrected chi connectivity index (χ0v) is 15.5. The number of nitrogens with zero attached hydrogens (tertiary/aromatic N) is 2. The third-order valence-corrected chi connectivity index (χ3v) is 6.45. The van der Waals surface area contributed by atoms with Crippen LogP contribution in [0.4, 0.5) is 0 Å². The summed E-state index contributed by atoms with van der Waals surface area (Å²) < 4.78 is 23.7. The summed E-state index contributed by atoms with van der Waals surface area (Å²) in [5.41, 5.74) is 0.629. The van der Waals surface area contributed by atoms with Crippen LogP contribution in [0.2, 0.25) is 0 Å². The summed E-state index contributed by atoms with van der Waals surface area (Å²) in [6, 6.07) is 8.95. The molecule has 0 aliphatic carbocycles. The van der Waals surface area contributed by atoms with E-state index in [1.807, 2.05) is 18.2 Å². The normalized spacial score (nSPS) is 19.5. The van der Waals surface area contributed by atoms with Gasteiger partial charge in [-0.25, -0.2) is 8.42 Å². The molecule has 1 fully saturated rings. The van der Waals surface area contributed by atoms with Crippen molar-refractivity contribution in [2.45, 2.75) is 32.7 Å². The zero-order chi connectivity index (χ0) is 17.6. The maximum Gasteiger partial charge on any atom is 0.254 e. The van der Waals surface area contributed by atoms with E-state index in [1.54, 1.807) is 17.0 Å². The number of benzene rings is 1. The largest absolute Gasteiger partial charge is 0.335 e. The Hall–Kier alpha value is -1.40. The fraction of sp³-hybridized carbons (Fsp3) is 0.611. The van der Waals surface area contributed by atoms with Gasteiger partial charge in [0.2, 0.25) is 0 Å². The molecular formula is C18H28N2O3S. The van der Waals surface area contributed by atoms with Crippen molar-refractivity contribution in [1.29, 1.82) is 0 Å². The summed E-state index contributed by atoms with van der Waals surface area (Å²) in [5.74, 6) is 0.223. The van der Waals surface area contributed by atoms with E-state index in [4.69, 9.17) is 0 Å². The Morgan fingerprint density at radius 1 is 1.12 bits per heavy atom. The summed E-state index contributed by atoms with van der Waals surface area (Å²) in [5, 5.41) is 0. The molecule has 24 heavy (non-hydrogen) atoms. The van der Waals surface area contributed by atoms with Gasteiger partial charge < -0.3 is 9.80 Å². The zero-order valence-electron chi connectivity index (χ0n) is 14.6. The van der Waals surface area contributed by atoms with Crippen LogP contribution in [-0.4, -0.2) is 67.9 Å². The van der Waals surface area contributed by atoms with Gasteiger partial charge in [0.25, 0.3) is 5.91 Å². The molecule has 6 heteroatoms. The van der Waals surface area contributed by atoms with Crippen LogP contribution in [0.5, 0.6) is 0 Å². The van der Waals surface area contributed by atoms with Crippen LogP contribution in [0.25, 0.3) is 0 Å². The van der Waals surface area contributed by atoms with Crippen molar-refractivity contribution in [2.24, 2.45) is 0 Å². The highest BCUT2D eigenvalue weighted by atomic mass is 32.2. The molecule has 0 aromatic heterocycles. The highest BCUT2D eigenvalue weighted by Gasteiger charge is 2.34. The van der Waals surface area contributed by atoms with E-state index in [1.165, 1.54) is 0 Å². The Balaban J connectivity index is 2.08. The van der Waals surface area contributed by atoms with Gasteiger partial charge in [0, 0.05) is 18.2 Å². The van der Waals surface area contributed by atoms with E-state index in [2.05, 4.69) is 18.7 Å². The molecule has 1 amide bonds. The first-order chi connectivity index (χ1) is 11.5. The van der Waals surface area contributed by atoms with E-state index in [0.717, 1.165) is 26.1 Å². The van der Waals surface area contributed by atoms with E-state index in [9.17, 15) is 13.2 Å². The average molecular weight is 353 g/mol. The fourth-order valence-electron chi connectivity index (χ4n) is 3.22. The minimum atomic E-state index is -3.01. The molecule has 1 unspecified atom stereocenters. The SMILES string of the molecule is CCN(CC)CCCN(C(=O)c1ccccc1)C1CCS(=O)(=O)C1. The van der Waals surface area contributed by atoms with E-state index >= 15 is 0 Å². The third-order valence-electron chi connectivity index (χ3n) is 4.70. The smallest absolute Gasteiger partial charge is 0.254 e. The topological polar surface area (TPSA) is 57.7 Å². The predicted molar refractivity (Wildman–Crippen MR) is 96.9 cm³/mol. The molecule has 0 spiro atoms. The van der Waals surface area contributed by atoms with Gasteiger partial charge in [-0.2, -0.15) is 0 Å². The van der Waals surface area contributed by atoms with Gasteiger partial charge in [-0.05, 0) is 44.6 Å². The molecule has 1 saturated heterocycles. The summed E-state index contributed by atoms with van der Waals surface area (Å²) in [6.45, 7) is 7.75. The number of sulfone groups is 1. The number of carbonyl (C=O) groups excluding carboxylic acids is 1. The van der Waals surface area contributed by atoms with Crippen molar-refractivity contribution in [3.05, 3.63) is 35.9 Å². The lowest BCUT2D eigenvalue weighted by atomic mass is 10.1. The fourth-order valence-corrected chi connectivity index (χ4v) is 4.95. The number of rotatable bonds is 8. The summed E-state index contributed by atoms with van der Waals surface area (Å²) in [6.07, 6.45) is 1.41. The number of amides is 1. The van der Waals surface area contributed by atoms with E-state index in [-0.39, 0.29) is 23.5 Å². The highest BCUT2D eigenvalue weighted by molar-refractivity contribution is 7.91. The van der Waals surface area contributed by atoms with E-state index < -0.39 is 9.84 Å². The molecule has 0 bridgehead atoms. The van der Waals surface area contributed by atoms with Crippen LogP contribution >= 0.6 is 0 Å². The molecule has 1 aromatic rings. The lowest BCUT2D eigenvalue weighted by molar-refractivity contribution is 0.0688. The lowest BCUT2D eigenvalue weighted by Crippen LogP contribution is -2.42. The first kappa shape index (κ1) is 18.9. The van der Waals surface area contributed by atoms with Crippen LogP contribution in [0.15, 0.2) is 30.3 Å². The standard InChI is InChI=1S/C18H28N2O3S/c1-3-19(4-2)12-8-13-20(17-11-14-24(22,23)15-17)18(21)16-9-6-5-7-10-16/h5-7,9-10,17H,3-4,8,11-15H2,1-2H3. The van der Waals surface area contributed by atoms with Crippen molar-refractivity contribution < 1.29 is 13.2 Å². The van der Waals surface area contributed by atoms with Gasteiger partial charge in [-0.15, -0.1) is 0 Å². The monoisotopic (exact) mass is 352 g/mol. The van der Waals surface area contributed by atoms with Crippen molar-refractivity contribution in [3.8, 4) is 0 Å². The number of hydrogen-bond acceptors (Lipinski definition) is 4. The number of hydrogen-bond donors (Lipinski definition) is 0. The van der Waals surface area contributed by atoms with Crippen molar-refractivity contribution in [2.75, 3.05) is 37.7 Å². The summed E-state index contributed by atoms with van der Waals surface area (Å²) >= 11 is 0. The van der Waals surface area contributed by atoms with Gasteiger partial charge in [0.05, 0.1) is 11.5 Å². The Labute approximate surface area is 145 Å². The molecule has 0 saturated carbocycles. The molecular weight excluding hydrogens is 324 g/mol. The van der Waals surface area contributed by atoms with Gasteiger partial charge in [0.1, 0.15) is 0 Å². The lowest BCUT2D eigenvalue weighted by Gasteiger charge is -2.29. The minimum Gasteiger partial charge on any atom is -0.335 e. The minimum absolute atomic E-state index is 0.0581. The Kier molecular flexibility index (Phi) is 6.80. The third kappa shape index (κ3) is 5.05. The van der Waals surface area contributed by atoms with Crippen LogP contribution < -0.4 is 0 Å². The maximum atomic E-state index is 12.9. The Bertz CT molecular complexity index is 627. The predicted octanol–water partition coefficient (Wildman–Crippen LogP) is 2.05. The van der Waals surface area contributed by atoms with Crippen molar-refractivity contribution >= 4 is 15.7 Å². The maximum absolute atomic E-state index is 12.9. The van der Waals surface area contributed by atoms with Crippen LogP contribution in [0.3, 0.4) is 0 Å². The first-order valence-electron chi connectivity index (χ1n) is 8.75. The molecule has 1 aliphatic rings. The second-order valence-electron chi connectivity index (χ2n) is 6.30. The number of carbonyl (C=O) groups is 1. The summed E-state index contributed by atoms with van der Waals surface area (Å²) in [7, 11) is -3.01. The molecule has 5 nitrogen and oxygen atoms in total. The molecule has 1 heterocycles.